The van der Waals surface area contributed by atoms with Crippen LogP contribution in [0.25, 0.3) is 22.4 Å². The van der Waals surface area contributed by atoms with Gasteiger partial charge in [0.2, 0.25) is 0 Å². The molecule has 0 atom stereocenters. The van der Waals surface area contributed by atoms with E-state index in [0.29, 0.717) is 6.04 Å². The lowest BCUT2D eigenvalue weighted by molar-refractivity contribution is 0.0697. The molecule has 0 unspecified atom stereocenters. The Labute approximate surface area is 120 Å². The van der Waals surface area contributed by atoms with Crippen LogP contribution in [0.4, 0.5) is 0 Å². The van der Waals surface area contributed by atoms with E-state index >= 15 is 0 Å². The van der Waals surface area contributed by atoms with E-state index in [1.165, 1.54) is 0 Å². The molecule has 5 heteroatoms. The second kappa shape index (κ2) is 4.41. The fraction of sp³-hybridized carbons (Fsp3) is 0.188. The predicted molar refractivity (Wildman–Crippen MR) is 78.2 cm³/mol. The van der Waals surface area contributed by atoms with Crippen molar-refractivity contribution in [3.63, 3.8) is 0 Å². The summed E-state index contributed by atoms with van der Waals surface area (Å²) in [4.78, 5) is 19.9. The second-order valence-corrected chi connectivity index (χ2v) is 5.29. The number of aromatic nitrogens is 3. The predicted octanol–water partition coefficient (Wildman–Crippen LogP) is 3.13. The van der Waals surface area contributed by atoms with Crippen molar-refractivity contribution in [2.45, 2.75) is 18.9 Å². The zero-order chi connectivity index (χ0) is 14.4. The van der Waals surface area contributed by atoms with Crippen LogP contribution in [-0.4, -0.2) is 25.6 Å². The first-order chi connectivity index (χ1) is 10.2. The lowest BCUT2D eigenvalue weighted by atomic mass is 10.1. The zero-order valence-corrected chi connectivity index (χ0v) is 11.2. The maximum absolute atomic E-state index is 11.2. The Morgan fingerprint density at radius 2 is 2.14 bits per heavy atom. The van der Waals surface area contributed by atoms with E-state index in [9.17, 15) is 4.79 Å². The fourth-order valence-corrected chi connectivity index (χ4v) is 2.65. The first kappa shape index (κ1) is 12.1. The molecule has 2 heterocycles. The first-order valence-corrected chi connectivity index (χ1v) is 6.90. The SMILES string of the molecule is O=C(O)c1cccc(-c2nc3cnccc3n2C2CC2)c1. The van der Waals surface area contributed by atoms with Gasteiger partial charge in [-0.1, -0.05) is 12.1 Å². The average Bonchev–Trinajstić information content (AvgIpc) is 3.27. The van der Waals surface area contributed by atoms with E-state index in [2.05, 4.69) is 14.5 Å². The van der Waals surface area contributed by atoms with Gasteiger partial charge in [0.1, 0.15) is 11.3 Å². The Bertz CT molecular complexity index is 850. The Kier molecular flexibility index (Phi) is 2.54. The number of hydrogen-bond acceptors (Lipinski definition) is 3. The van der Waals surface area contributed by atoms with E-state index in [-0.39, 0.29) is 5.56 Å². The number of aromatic carboxylic acids is 1. The van der Waals surface area contributed by atoms with Gasteiger partial charge in [-0.3, -0.25) is 4.98 Å². The van der Waals surface area contributed by atoms with Crippen LogP contribution >= 0.6 is 0 Å². The number of nitrogens with zero attached hydrogens (tertiary/aromatic N) is 3. The molecule has 0 bridgehead atoms. The minimum Gasteiger partial charge on any atom is -0.478 e. The number of carboxylic acids is 1. The topological polar surface area (TPSA) is 68.0 Å². The molecule has 21 heavy (non-hydrogen) atoms. The maximum atomic E-state index is 11.2. The highest BCUT2D eigenvalue weighted by atomic mass is 16.4. The molecule has 0 spiro atoms. The summed E-state index contributed by atoms with van der Waals surface area (Å²) in [5, 5.41) is 9.15. The fourth-order valence-electron chi connectivity index (χ4n) is 2.65. The number of rotatable bonds is 3. The summed E-state index contributed by atoms with van der Waals surface area (Å²) >= 11 is 0. The first-order valence-electron chi connectivity index (χ1n) is 6.90. The quantitative estimate of drug-likeness (QED) is 0.799. The number of benzene rings is 1. The molecule has 0 aliphatic heterocycles. The Morgan fingerprint density at radius 1 is 1.29 bits per heavy atom. The van der Waals surface area contributed by atoms with Gasteiger partial charge in [-0.05, 0) is 31.0 Å². The summed E-state index contributed by atoms with van der Waals surface area (Å²) < 4.78 is 2.21. The number of fused-ring (bicyclic) bond motifs is 1. The van der Waals surface area contributed by atoms with Crippen molar-refractivity contribution in [3.05, 3.63) is 48.3 Å². The second-order valence-electron chi connectivity index (χ2n) is 5.29. The molecule has 1 N–H and O–H groups in total. The van der Waals surface area contributed by atoms with E-state index in [1.807, 2.05) is 12.1 Å². The summed E-state index contributed by atoms with van der Waals surface area (Å²) in [6.07, 6.45) is 5.79. The number of carboxylic acid groups (broad SMARTS) is 1. The van der Waals surface area contributed by atoms with E-state index in [4.69, 9.17) is 5.11 Å². The molecule has 1 aliphatic carbocycles. The van der Waals surface area contributed by atoms with Gasteiger partial charge < -0.3 is 9.67 Å². The highest BCUT2D eigenvalue weighted by Gasteiger charge is 2.28. The summed E-state index contributed by atoms with van der Waals surface area (Å²) in [6.45, 7) is 0. The van der Waals surface area contributed by atoms with Gasteiger partial charge in [-0.15, -0.1) is 0 Å². The monoisotopic (exact) mass is 279 g/mol. The van der Waals surface area contributed by atoms with Crippen LogP contribution in [0, 0.1) is 0 Å². The molecule has 0 amide bonds. The number of carbonyl (C=O) groups is 1. The van der Waals surface area contributed by atoms with Gasteiger partial charge >= 0.3 is 5.97 Å². The molecule has 104 valence electrons. The van der Waals surface area contributed by atoms with Crippen LogP contribution in [0.1, 0.15) is 29.2 Å². The number of hydrogen-bond donors (Lipinski definition) is 1. The van der Waals surface area contributed by atoms with Crippen LogP contribution in [0.5, 0.6) is 0 Å². The molecule has 0 radical (unpaired) electrons. The molecule has 1 aliphatic rings. The summed E-state index contributed by atoms with van der Waals surface area (Å²) in [7, 11) is 0. The van der Waals surface area contributed by atoms with Crippen molar-refractivity contribution < 1.29 is 9.90 Å². The molecule has 4 rings (SSSR count). The molecular formula is C16H13N3O2. The normalized spacial score (nSPS) is 14.5. The molecule has 1 fully saturated rings. The summed E-state index contributed by atoms with van der Waals surface area (Å²) in [5.41, 5.74) is 3.02. The van der Waals surface area contributed by atoms with E-state index in [1.54, 1.807) is 30.6 Å². The largest absolute Gasteiger partial charge is 0.478 e. The van der Waals surface area contributed by atoms with Crippen LogP contribution in [-0.2, 0) is 0 Å². The minimum absolute atomic E-state index is 0.278. The van der Waals surface area contributed by atoms with Crippen molar-refractivity contribution in [1.29, 1.82) is 0 Å². The molecule has 5 nitrogen and oxygen atoms in total. The lowest BCUT2D eigenvalue weighted by Crippen LogP contribution is -2.00. The Morgan fingerprint density at radius 3 is 2.90 bits per heavy atom. The highest BCUT2D eigenvalue weighted by molar-refractivity contribution is 5.89. The number of pyridine rings is 1. The molecule has 2 aromatic heterocycles. The average molecular weight is 279 g/mol. The van der Waals surface area contributed by atoms with Crippen molar-refractivity contribution >= 4 is 17.0 Å². The standard InChI is InChI=1S/C16H13N3O2/c20-16(21)11-3-1-2-10(8-11)15-18-13-9-17-7-6-14(13)19(15)12-4-5-12/h1-3,6-9,12H,4-5H2,(H,20,21). The van der Waals surface area contributed by atoms with E-state index < -0.39 is 5.97 Å². The van der Waals surface area contributed by atoms with E-state index in [0.717, 1.165) is 35.3 Å². The zero-order valence-electron chi connectivity index (χ0n) is 11.2. The van der Waals surface area contributed by atoms with Gasteiger partial charge in [-0.2, -0.15) is 0 Å². The van der Waals surface area contributed by atoms with Gasteiger partial charge in [0.25, 0.3) is 0 Å². The molecule has 1 aromatic carbocycles. The Balaban J connectivity index is 1.95. The van der Waals surface area contributed by atoms with Crippen molar-refractivity contribution in [1.82, 2.24) is 14.5 Å². The van der Waals surface area contributed by atoms with Crippen LogP contribution < -0.4 is 0 Å². The summed E-state index contributed by atoms with van der Waals surface area (Å²) in [5.74, 6) is -0.101. The van der Waals surface area contributed by atoms with Crippen molar-refractivity contribution in [2.75, 3.05) is 0 Å². The number of imidazole rings is 1. The van der Waals surface area contributed by atoms with Crippen molar-refractivity contribution in [2.24, 2.45) is 0 Å². The van der Waals surface area contributed by atoms with Crippen LogP contribution in [0.2, 0.25) is 0 Å². The van der Waals surface area contributed by atoms with Gasteiger partial charge in [-0.25, -0.2) is 9.78 Å². The Hall–Kier alpha value is -2.69. The molecule has 1 saturated carbocycles. The smallest absolute Gasteiger partial charge is 0.335 e. The van der Waals surface area contributed by atoms with Gasteiger partial charge in [0.15, 0.2) is 0 Å². The van der Waals surface area contributed by atoms with Crippen molar-refractivity contribution in [3.8, 4) is 11.4 Å². The highest BCUT2D eigenvalue weighted by Crippen LogP contribution is 2.41. The van der Waals surface area contributed by atoms with Gasteiger partial charge in [0.05, 0.1) is 17.3 Å². The lowest BCUT2D eigenvalue weighted by Gasteiger charge is -2.08. The molecule has 0 saturated heterocycles. The third-order valence-corrected chi connectivity index (χ3v) is 3.77. The third kappa shape index (κ3) is 1.98. The third-order valence-electron chi connectivity index (χ3n) is 3.77. The molecule has 3 aromatic rings. The van der Waals surface area contributed by atoms with Crippen LogP contribution in [0.3, 0.4) is 0 Å². The van der Waals surface area contributed by atoms with Gasteiger partial charge in [0, 0.05) is 17.8 Å². The van der Waals surface area contributed by atoms with Crippen LogP contribution in [0.15, 0.2) is 42.7 Å². The minimum atomic E-state index is -0.924. The summed E-state index contributed by atoms with van der Waals surface area (Å²) in [6, 6.07) is 9.35. The molecular weight excluding hydrogens is 266 g/mol. The maximum Gasteiger partial charge on any atom is 0.335 e.